The van der Waals surface area contributed by atoms with Gasteiger partial charge in [0.05, 0.1) is 7.11 Å². The second-order valence-corrected chi connectivity index (χ2v) is 4.25. The topological polar surface area (TPSA) is 41.6 Å². The number of halogens is 1. The molecule has 1 N–H and O–H groups in total. The number of hydrogen-bond acceptors (Lipinski definition) is 3. The van der Waals surface area contributed by atoms with Crippen LogP contribution in [-0.4, -0.2) is 44.1 Å². The maximum atomic E-state index is 13.3. The first kappa shape index (κ1) is 12.8. The fourth-order valence-corrected chi connectivity index (χ4v) is 2.02. The van der Waals surface area contributed by atoms with Gasteiger partial charge in [0.1, 0.15) is 0 Å². The lowest BCUT2D eigenvalue weighted by Gasteiger charge is -2.20. The first-order valence-electron chi connectivity index (χ1n) is 6.06. The molecule has 0 atom stereocenters. The number of ether oxygens (including phenoxy) is 1. The second kappa shape index (κ2) is 5.82. The Kier molecular flexibility index (Phi) is 4.15. The Bertz CT molecular complexity index is 429. The molecule has 1 aromatic carbocycles. The van der Waals surface area contributed by atoms with Crippen LogP contribution in [0.2, 0.25) is 0 Å². The third kappa shape index (κ3) is 2.79. The molecular weight excluding hydrogens is 235 g/mol. The summed E-state index contributed by atoms with van der Waals surface area (Å²) >= 11 is 0. The number of amides is 1. The summed E-state index contributed by atoms with van der Waals surface area (Å²) in [5.41, 5.74) is 0.468. The smallest absolute Gasteiger partial charge is 0.254 e. The molecule has 18 heavy (non-hydrogen) atoms. The van der Waals surface area contributed by atoms with Crippen LogP contribution in [0, 0.1) is 5.82 Å². The molecule has 2 rings (SSSR count). The predicted octanol–water partition coefficient (Wildman–Crippen LogP) is 1.27. The number of methoxy groups -OCH3 is 1. The van der Waals surface area contributed by atoms with E-state index in [9.17, 15) is 9.18 Å². The van der Waals surface area contributed by atoms with Gasteiger partial charge in [0.25, 0.3) is 5.91 Å². The van der Waals surface area contributed by atoms with Crippen molar-refractivity contribution in [1.29, 1.82) is 0 Å². The van der Waals surface area contributed by atoms with Crippen molar-refractivity contribution in [3.63, 3.8) is 0 Å². The van der Waals surface area contributed by atoms with Gasteiger partial charge in [0.15, 0.2) is 11.6 Å². The first-order chi connectivity index (χ1) is 8.72. The molecule has 1 aromatic rings. The van der Waals surface area contributed by atoms with Crippen LogP contribution in [-0.2, 0) is 0 Å². The maximum Gasteiger partial charge on any atom is 0.254 e. The van der Waals surface area contributed by atoms with Crippen LogP contribution in [0.1, 0.15) is 16.8 Å². The standard InChI is InChI=1S/C13H17FN2O2/c1-18-12-9-10(3-4-11(12)14)13(17)16-7-2-5-15-6-8-16/h3-4,9,15H,2,5-8H2,1H3. The Labute approximate surface area is 106 Å². The van der Waals surface area contributed by atoms with Crippen molar-refractivity contribution in [2.75, 3.05) is 33.3 Å². The zero-order valence-electron chi connectivity index (χ0n) is 10.4. The summed E-state index contributed by atoms with van der Waals surface area (Å²) in [5, 5.41) is 3.24. The molecule has 0 radical (unpaired) electrons. The molecule has 98 valence electrons. The summed E-state index contributed by atoms with van der Waals surface area (Å²) in [7, 11) is 1.39. The van der Waals surface area contributed by atoms with E-state index >= 15 is 0 Å². The fourth-order valence-electron chi connectivity index (χ4n) is 2.02. The first-order valence-corrected chi connectivity index (χ1v) is 6.06. The van der Waals surface area contributed by atoms with Crippen LogP contribution in [0.5, 0.6) is 5.75 Å². The lowest BCUT2D eigenvalue weighted by molar-refractivity contribution is 0.0766. The largest absolute Gasteiger partial charge is 0.494 e. The van der Waals surface area contributed by atoms with Crippen LogP contribution in [0.25, 0.3) is 0 Å². The zero-order valence-corrected chi connectivity index (χ0v) is 10.4. The Balaban J connectivity index is 2.16. The predicted molar refractivity (Wildman–Crippen MR) is 66.3 cm³/mol. The van der Waals surface area contributed by atoms with Gasteiger partial charge >= 0.3 is 0 Å². The van der Waals surface area contributed by atoms with E-state index in [1.54, 1.807) is 4.90 Å². The van der Waals surface area contributed by atoms with E-state index in [0.717, 1.165) is 26.1 Å². The summed E-state index contributed by atoms with van der Waals surface area (Å²) in [6.07, 6.45) is 0.935. The molecule has 0 spiro atoms. The van der Waals surface area contributed by atoms with Crippen molar-refractivity contribution in [3.05, 3.63) is 29.6 Å². The third-order valence-corrected chi connectivity index (χ3v) is 3.03. The van der Waals surface area contributed by atoms with E-state index in [1.165, 1.54) is 25.3 Å². The van der Waals surface area contributed by atoms with E-state index in [2.05, 4.69) is 5.32 Å². The average Bonchev–Trinajstić information content (AvgIpc) is 2.67. The van der Waals surface area contributed by atoms with E-state index in [0.29, 0.717) is 12.1 Å². The number of rotatable bonds is 2. The summed E-state index contributed by atoms with van der Waals surface area (Å²) in [5.74, 6) is -0.419. The fraction of sp³-hybridized carbons (Fsp3) is 0.462. The minimum absolute atomic E-state index is 0.0722. The Morgan fingerprint density at radius 2 is 2.22 bits per heavy atom. The summed E-state index contributed by atoms with van der Waals surface area (Å²) in [4.78, 5) is 14.0. The van der Waals surface area contributed by atoms with E-state index < -0.39 is 5.82 Å². The van der Waals surface area contributed by atoms with Gasteiger partial charge in [-0.25, -0.2) is 4.39 Å². The Morgan fingerprint density at radius 3 is 3.00 bits per heavy atom. The molecule has 0 unspecified atom stereocenters. The highest BCUT2D eigenvalue weighted by Crippen LogP contribution is 2.19. The van der Waals surface area contributed by atoms with E-state index in [4.69, 9.17) is 4.74 Å². The van der Waals surface area contributed by atoms with Gasteiger partial charge in [-0.05, 0) is 31.2 Å². The van der Waals surface area contributed by atoms with Crippen molar-refractivity contribution in [1.82, 2.24) is 10.2 Å². The average molecular weight is 252 g/mol. The monoisotopic (exact) mass is 252 g/mol. The molecule has 4 nitrogen and oxygen atoms in total. The van der Waals surface area contributed by atoms with Crippen LogP contribution in [0.15, 0.2) is 18.2 Å². The molecule has 1 heterocycles. The minimum Gasteiger partial charge on any atom is -0.494 e. The molecule has 1 saturated heterocycles. The highest BCUT2D eigenvalue weighted by molar-refractivity contribution is 5.94. The quantitative estimate of drug-likeness (QED) is 0.862. The zero-order chi connectivity index (χ0) is 13.0. The molecule has 5 heteroatoms. The highest BCUT2D eigenvalue weighted by atomic mass is 19.1. The summed E-state index contributed by atoms with van der Waals surface area (Å²) in [6, 6.07) is 4.22. The van der Waals surface area contributed by atoms with Crippen LogP contribution < -0.4 is 10.1 Å². The Morgan fingerprint density at radius 1 is 1.39 bits per heavy atom. The second-order valence-electron chi connectivity index (χ2n) is 4.25. The van der Waals surface area contributed by atoms with Crippen molar-refractivity contribution in [2.24, 2.45) is 0 Å². The minimum atomic E-state index is -0.452. The molecule has 1 fully saturated rings. The molecule has 0 aliphatic carbocycles. The maximum absolute atomic E-state index is 13.3. The molecule has 1 amide bonds. The van der Waals surface area contributed by atoms with Crippen LogP contribution in [0.3, 0.4) is 0 Å². The van der Waals surface area contributed by atoms with Crippen LogP contribution in [0.4, 0.5) is 4.39 Å². The summed E-state index contributed by atoms with van der Waals surface area (Å²) in [6.45, 7) is 3.13. The van der Waals surface area contributed by atoms with Gasteiger partial charge in [-0.15, -0.1) is 0 Å². The van der Waals surface area contributed by atoms with Crippen molar-refractivity contribution in [2.45, 2.75) is 6.42 Å². The Hall–Kier alpha value is -1.62. The number of carbonyl (C=O) groups excluding carboxylic acids is 1. The number of nitrogens with zero attached hydrogens (tertiary/aromatic N) is 1. The highest BCUT2D eigenvalue weighted by Gasteiger charge is 2.18. The number of hydrogen-bond donors (Lipinski definition) is 1. The molecular formula is C13H17FN2O2. The van der Waals surface area contributed by atoms with Gasteiger partial charge in [0, 0.05) is 25.2 Å². The molecule has 0 aromatic heterocycles. The molecule has 1 aliphatic rings. The van der Waals surface area contributed by atoms with Crippen molar-refractivity contribution < 1.29 is 13.9 Å². The van der Waals surface area contributed by atoms with Gasteiger partial charge in [-0.2, -0.15) is 0 Å². The van der Waals surface area contributed by atoms with E-state index in [-0.39, 0.29) is 11.7 Å². The normalized spacial score (nSPS) is 16.2. The lowest BCUT2D eigenvalue weighted by atomic mass is 10.1. The van der Waals surface area contributed by atoms with Gasteiger partial charge in [0.2, 0.25) is 0 Å². The van der Waals surface area contributed by atoms with E-state index in [1.807, 2.05) is 0 Å². The van der Waals surface area contributed by atoms with Gasteiger partial charge in [-0.1, -0.05) is 0 Å². The van der Waals surface area contributed by atoms with Crippen LogP contribution >= 0.6 is 0 Å². The lowest BCUT2D eigenvalue weighted by Crippen LogP contribution is -2.34. The third-order valence-electron chi connectivity index (χ3n) is 3.03. The van der Waals surface area contributed by atoms with Gasteiger partial charge < -0.3 is 15.0 Å². The number of benzene rings is 1. The number of carbonyl (C=O) groups is 1. The molecule has 1 aliphatic heterocycles. The number of nitrogens with one attached hydrogen (secondary N) is 1. The van der Waals surface area contributed by atoms with Gasteiger partial charge in [-0.3, -0.25) is 4.79 Å². The van der Waals surface area contributed by atoms with Crippen molar-refractivity contribution >= 4 is 5.91 Å². The molecule has 0 saturated carbocycles. The SMILES string of the molecule is COc1cc(C(=O)N2CCCNCC2)ccc1F. The van der Waals surface area contributed by atoms with Crippen molar-refractivity contribution in [3.8, 4) is 5.75 Å². The molecule has 0 bridgehead atoms. The summed E-state index contributed by atoms with van der Waals surface area (Å²) < 4.78 is 18.2.